The zero-order chi connectivity index (χ0) is 13.1. The molecule has 0 bridgehead atoms. The minimum atomic E-state index is 0.526. The molecule has 2 heterocycles. The van der Waals surface area contributed by atoms with Crippen molar-refractivity contribution in [3.05, 3.63) is 12.3 Å². The van der Waals surface area contributed by atoms with Crippen molar-refractivity contribution in [1.82, 2.24) is 9.97 Å². The van der Waals surface area contributed by atoms with E-state index >= 15 is 0 Å². The largest absolute Gasteiger partial charge is 0.353 e. The molecule has 5 heteroatoms. The Balaban J connectivity index is 2.20. The number of hydrogen-bond donors (Lipinski definition) is 1. The van der Waals surface area contributed by atoms with Crippen molar-refractivity contribution < 1.29 is 0 Å². The first-order valence-electron chi connectivity index (χ1n) is 6.59. The lowest BCUT2D eigenvalue weighted by Gasteiger charge is -2.38. The van der Waals surface area contributed by atoms with Crippen LogP contribution in [0, 0.1) is 5.92 Å². The average Bonchev–Trinajstić information content (AvgIpc) is 2.39. The van der Waals surface area contributed by atoms with Gasteiger partial charge < -0.3 is 15.5 Å². The Morgan fingerprint density at radius 2 is 2.22 bits per heavy atom. The first kappa shape index (κ1) is 13.1. The van der Waals surface area contributed by atoms with Gasteiger partial charge in [-0.25, -0.2) is 4.98 Å². The molecule has 1 fully saturated rings. The van der Waals surface area contributed by atoms with Crippen LogP contribution in [0.5, 0.6) is 0 Å². The molecule has 0 amide bonds. The van der Waals surface area contributed by atoms with E-state index in [1.807, 2.05) is 31.3 Å². The fourth-order valence-electron chi connectivity index (χ4n) is 2.41. The molecule has 1 saturated heterocycles. The molecule has 1 aromatic heterocycles. The van der Waals surface area contributed by atoms with Crippen molar-refractivity contribution in [2.45, 2.75) is 25.8 Å². The van der Waals surface area contributed by atoms with Crippen LogP contribution < -0.4 is 15.5 Å². The van der Waals surface area contributed by atoms with Crippen LogP contribution in [0.15, 0.2) is 12.3 Å². The molecule has 2 rings (SSSR count). The monoisotopic (exact) mass is 249 g/mol. The van der Waals surface area contributed by atoms with Gasteiger partial charge in [-0.15, -0.1) is 0 Å². The highest BCUT2D eigenvalue weighted by molar-refractivity contribution is 5.44. The molecule has 1 aliphatic rings. The SMILES string of the molecule is CC1CCC(CN)CN1c1ccnc(N(C)C)n1. The lowest BCUT2D eigenvalue weighted by atomic mass is 9.93. The van der Waals surface area contributed by atoms with Crippen LogP contribution in [0.25, 0.3) is 0 Å². The maximum absolute atomic E-state index is 5.80. The fraction of sp³-hybridized carbons (Fsp3) is 0.692. The van der Waals surface area contributed by atoms with Gasteiger partial charge in [-0.05, 0) is 38.3 Å². The van der Waals surface area contributed by atoms with Gasteiger partial charge >= 0.3 is 0 Å². The third kappa shape index (κ3) is 2.72. The first-order valence-corrected chi connectivity index (χ1v) is 6.59. The minimum absolute atomic E-state index is 0.526. The molecule has 100 valence electrons. The standard InChI is InChI=1S/C13H23N5/c1-10-4-5-11(8-14)9-18(10)12-6-7-15-13(16-12)17(2)3/h6-7,10-11H,4-5,8-9,14H2,1-3H3. The Morgan fingerprint density at radius 3 is 2.89 bits per heavy atom. The van der Waals surface area contributed by atoms with Gasteiger partial charge in [0.2, 0.25) is 5.95 Å². The van der Waals surface area contributed by atoms with E-state index in [-0.39, 0.29) is 0 Å². The molecule has 1 aliphatic heterocycles. The number of aromatic nitrogens is 2. The summed E-state index contributed by atoms with van der Waals surface area (Å²) in [5.74, 6) is 2.35. The van der Waals surface area contributed by atoms with Gasteiger partial charge in [0.05, 0.1) is 0 Å². The summed E-state index contributed by atoms with van der Waals surface area (Å²) in [7, 11) is 3.92. The van der Waals surface area contributed by atoms with Gasteiger partial charge in [-0.2, -0.15) is 4.98 Å². The molecule has 5 nitrogen and oxygen atoms in total. The predicted molar refractivity (Wildman–Crippen MR) is 74.9 cm³/mol. The van der Waals surface area contributed by atoms with E-state index in [0.717, 1.165) is 24.9 Å². The molecule has 1 aromatic rings. The average molecular weight is 249 g/mol. The summed E-state index contributed by atoms with van der Waals surface area (Å²) in [6.45, 7) is 4.01. The number of hydrogen-bond acceptors (Lipinski definition) is 5. The second kappa shape index (κ2) is 5.52. The first-order chi connectivity index (χ1) is 8.61. The Morgan fingerprint density at radius 1 is 1.44 bits per heavy atom. The summed E-state index contributed by atoms with van der Waals surface area (Å²) in [5, 5.41) is 0. The van der Waals surface area contributed by atoms with Crippen LogP contribution in [0.3, 0.4) is 0 Å². The quantitative estimate of drug-likeness (QED) is 0.869. The Labute approximate surface area is 109 Å². The third-order valence-corrected chi connectivity index (χ3v) is 3.64. The number of rotatable bonds is 3. The Kier molecular flexibility index (Phi) is 4.01. The van der Waals surface area contributed by atoms with Crippen LogP contribution in [0.1, 0.15) is 19.8 Å². The van der Waals surface area contributed by atoms with Crippen LogP contribution in [0.4, 0.5) is 11.8 Å². The second-order valence-electron chi connectivity index (χ2n) is 5.29. The summed E-state index contributed by atoms with van der Waals surface area (Å²) in [5.41, 5.74) is 5.80. The van der Waals surface area contributed by atoms with E-state index in [9.17, 15) is 0 Å². The molecule has 2 N–H and O–H groups in total. The summed E-state index contributed by atoms with van der Waals surface area (Å²) in [4.78, 5) is 13.2. The molecule has 0 radical (unpaired) electrons. The number of anilines is 2. The Bertz CT molecular complexity index is 393. The van der Waals surface area contributed by atoms with E-state index in [2.05, 4.69) is 21.8 Å². The summed E-state index contributed by atoms with van der Waals surface area (Å²) in [6.07, 6.45) is 4.24. The van der Waals surface area contributed by atoms with Crippen molar-refractivity contribution >= 4 is 11.8 Å². The van der Waals surface area contributed by atoms with Crippen LogP contribution in [-0.2, 0) is 0 Å². The van der Waals surface area contributed by atoms with Gasteiger partial charge in [0.15, 0.2) is 0 Å². The summed E-state index contributed by atoms with van der Waals surface area (Å²) in [6, 6.07) is 2.51. The van der Waals surface area contributed by atoms with Gasteiger partial charge in [-0.3, -0.25) is 0 Å². The van der Waals surface area contributed by atoms with Gasteiger partial charge in [0.25, 0.3) is 0 Å². The molecule has 0 aromatic carbocycles. The van der Waals surface area contributed by atoms with Crippen LogP contribution in [-0.4, -0.2) is 43.2 Å². The van der Waals surface area contributed by atoms with E-state index < -0.39 is 0 Å². The van der Waals surface area contributed by atoms with E-state index in [1.54, 1.807) is 0 Å². The van der Waals surface area contributed by atoms with Crippen molar-refractivity contribution in [2.24, 2.45) is 11.7 Å². The molecule has 2 atom stereocenters. The highest BCUT2D eigenvalue weighted by atomic mass is 15.3. The third-order valence-electron chi connectivity index (χ3n) is 3.64. The number of nitrogens with zero attached hydrogens (tertiary/aromatic N) is 4. The molecule has 18 heavy (non-hydrogen) atoms. The highest BCUT2D eigenvalue weighted by Gasteiger charge is 2.25. The predicted octanol–water partition coefficient (Wildman–Crippen LogP) is 1.11. The zero-order valence-electron chi connectivity index (χ0n) is 11.5. The van der Waals surface area contributed by atoms with Crippen molar-refractivity contribution in [2.75, 3.05) is 37.0 Å². The number of piperidine rings is 1. The topological polar surface area (TPSA) is 58.3 Å². The normalized spacial score (nSPS) is 24.1. The highest BCUT2D eigenvalue weighted by Crippen LogP contribution is 2.26. The van der Waals surface area contributed by atoms with E-state index in [1.165, 1.54) is 12.8 Å². The Hall–Kier alpha value is -1.36. The maximum Gasteiger partial charge on any atom is 0.226 e. The smallest absolute Gasteiger partial charge is 0.226 e. The lowest BCUT2D eigenvalue weighted by Crippen LogP contribution is -2.44. The van der Waals surface area contributed by atoms with Crippen LogP contribution in [0.2, 0.25) is 0 Å². The molecule has 0 saturated carbocycles. The molecular weight excluding hydrogens is 226 g/mol. The molecule has 0 spiro atoms. The van der Waals surface area contributed by atoms with E-state index in [0.29, 0.717) is 12.0 Å². The summed E-state index contributed by atoms with van der Waals surface area (Å²) < 4.78 is 0. The van der Waals surface area contributed by atoms with Gasteiger partial charge in [0, 0.05) is 32.9 Å². The molecule has 0 aliphatic carbocycles. The fourth-order valence-corrected chi connectivity index (χ4v) is 2.41. The van der Waals surface area contributed by atoms with Crippen molar-refractivity contribution in [1.29, 1.82) is 0 Å². The maximum atomic E-state index is 5.80. The minimum Gasteiger partial charge on any atom is -0.353 e. The van der Waals surface area contributed by atoms with Crippen LogP contribution >= 0.6 is 0 Å². The van der Waals surface area contributed by atoms with Crippen molar-refractivity contribution in [3.63, 3.8) is 0 Å². The zero-order valence-corrected chi connectivity index (χ0v) is 11.5. The summed E-state index contributed by atoms with van der Waals surface area (Å²) >= 11 is 0. The molecular formula is C13H23N5. The van der Waals surface area contributed by atoms with Gasteiger partial charge in [0.1, 0.15) is 5.82 Å². The lowest BCUT2D eigenvalue weighted by molar-refractivity contribution is 0.372. The molecule has 2 unspecified atom stereocenters. The number of nitrogens with two attached hydrogens (primary N) is 1. The van der Waals surface area contributed by atoms with Crippen molar-refractivity contribution in [3.8, 4) is 0 Å². The van der Waals surface area contributed by atoms with Gasteiger partial charge in [-0.1, -0.05) is 0 Å². The second-order valence-corrected chi connectivity index (χ2v) is 5.29. The van der Waals surface area contributed by atoms with E-state index in [4.69, 9.17) is 5.73 Å².